The third kappa shape index (κ3) is 4.43. The number of carbonyl (C=O) groups is 2. The monoisotopic (exact) mass is 418 g/mol. The fraction of sp³-hybridized carbons (Fsp3) is 0.926. The topological polar surface area (TPSA) is 54.4 Å². The number of Topliss-reactive ketones (excluding diaryl/α,β-unsaturated/α-hetero) is 1. The highest BCUT2D eigenvalue weighted by Gasteiger charge is 2.58. The molecule has 0 saturated heterocycles. The van der Waals surface area contributed by atoms with Gasteiger partial charge in [0.15, 0.2) is 0 Å². The molecule has 0 spiro atoms. The van der Waals surface area contributed by atoms with Gasteiger partial charge in [0.2, 0.25) is 0 Å². The summed E-state index contributed by atoms with van der Waals surface area (Å²) in [4.78, 5) is 24.8. The molecule has 3 heteroatoms. The number of fused-ring (bicyclic) bond motifs is 1. The van der Waals surface area contributed by atoms with Crippen molar-refractivity contribution in [2.24, 2.45) is 46.3 Å². The molecule has 3 aliphatic carbocycles. The molecule has 8 atom stereocenters. The number of hydrogen-bond acceptors (Lipinski definition) is 3. The van der Waals surface area contributed by atoms with Crippen molar-refractivity contribution >= 4 is 12.1 Å². The summed E-state index contributed by atoms with van der Waals surface area (Å²) in [6.07, 6.45) is 11.8. The number of aldehydes is 1. The van der Waals surface area contributed by atoms with Crippen LogP contribution in [0.3, 0.4) is 0 Å². The summed E-state index contributed by atoms with van der Waals surface area (Å²) >= 11 is 0. The summed E-state index contributed by atoms with van der Waals surface area (Å²) in [5, 5.41) is 9.99. The normalized spacial score (nSPS) is 42.9. The van der Waals surface area contributed by atoms with Gasteiger partial charge in [0.1, 0.15) is 12.1 Å². The molecule has 3 aliphatic rings. The molecule has 3 rings (SSSR count). The zero-order valence-corrected chi connectivity index (χ0v) is 20.2. The number of carbonyl (C=O) groups excluding carboxylic acids is 2. The molecule has 0 aromatic rings. The third-order valence-corrected chi connectivity index (χ3v) is 9.88. The van der Waals surface area contributed by atoms with Crippen molar-refractivity contribution in [3.05, 3.63) is 0 Å². The molecule has 3 fully saturated rings. The van der Waals surface area contributed by atoms with Crippen molar-refractivity contribution in [3.8, 4) is 0 Å². The quantitative estimate of drug-likeness (QED) is 0.476. The van der Waals surface area contributed by atoms with Crippen molar-refractivity contribution in [1.29, 1.82) is 0 Å². The van der Waals surface area contributed by atoms with Gasteiger partial charge in [0.25, 0.3) is 0 Å². The number of ketones is 1. The lowest BCUT2D eigenvalue weighted by Gasteiger charge is -2.54. The van der Waals surface area contributed by atoms with E-state index in [-0.39, 0.29) is 11.2 Å². The van der Waals surface area contributed by atoms with Gasteiger partial charge >= 0.3 is 0 Å². The Hall–Kier alpha value is -0.700. The van der Waals surface area contributed by atoms with Gasteiger partial charge < -0.3 is 9.90 Å². The molecule has 0 bridgehead atoms. The van der Waals surface area contributed by atoms with Gasteiger partial charge in [0, 0.05) is 18.3 Å². The van der Waals surface area contributed by atoms with Crippen LogP contribution in [0.2, 0.25) is 0 Å². The van der Waals surface area contributed by atoms with E-state index in [1.54, 1.807) is 0 Å². The maximum absolute atomic E-state index is 13.0. The van der Waals surface area contributed by atoms with E-state index in [0.717, 1.165) is 43.3 Å². The highest BCUT2D eigenvalue weighted by Crippen LogP contribution is 2.64. The Kier molecular flexibility index (Phi) is 7.53. The van der Waals surface area contributed by atoms with Crippen LogP contribution in [0.1, 0.15) is 105 Å². The summed E-state index contributed by atoms with van der Waals surface area (Å²) in [5.41, 5.74) is -0.0375. The van der Waals surface area contributed by atoms with Crippen molar-refractivity contribution in [2.45, 2.75) is 111 Å². The van der Waals surface area contributed by atoms with Crippen molar-refractivity contribution in [2.75, 3.05) is 0 Å². The maximum atomic E-state index is 13.0. The fourth-order valence-corrected chi connectivity index (χ4v) is 8.09. The third-order valence-electron chi connectivity index (χ3n) is 9.88. The van der Waals surface area contributed by atoms with E-state index in [0.29, 0.717) is 36.0 Å². The lowest BCUT2D eigenvalue weighted by Crippen LogP contribution is -2.51. The second kappa shape index (κ2) is 9.43. The van der Waals surface area contributed by atoms with Gasteiger partial charge in [-0.3, -0.25) is 4.79 Å². The summed E-state index contributed by atoms with van der Waals surface area (Å²) in [5.74, 6) is 3.71. The van der Waals surface area contributed by atoms with E-state index in [1.807, 2.05) is 0 Å². The molecule has 0 amide bonds. The van der Waals surface area contributed by atoms with Crippen LogP contribution in [0.15, 0.2) is 0 Å². The molecule has 172 valence electrons. The van der Waals surface area contributed by atoms with Crippen LogP contribution >= 0.6 is 0 Å². The van der Waals surface area contributed by atoms with E-state index >= 15 is 0 Å². The molecule has 30 heavy (non-hydrogen) atoms. The standard InChI is InChI=1S/C27H46O3/c1-18(2)7-6-8-19(3)22-9-10-23-21(13-16-28)24(12-15-26(22,23)4)27(5)14-11-20(29)17-25(27)30/h16,18-24,29H,6-15,17H2,1-5H3/t19-,20+,21+,22-,23?,24+,26-,27?/m1/s1. The van der Waals surface area contributed by atoms with Crippen LogP contribution in [0.4, 0.5) is 0 Å². The Labute approximate surface area is 184 Å². The van der Waals surface area contributed by atoms with Gasteiger partial charge in [-0.1, -0.05) is 53.9 Å². The Balaban J connectivity index is 1.77. The van der Waals surface area contributed by atoms with Crippen LogP contribution in [0.25, 0.3) is 0 Å². The first-order chi connectivity index (χ1) is 14.1. The van der Waals surface area contributed by atoms with E-state index in [1.165, 1.54) is 38.5 Å². The Bertz CT molecular complexity index is 613. The Morgan fingerprint density at radius 1 is 1.03 bits per heavy atom. The molecule has 0 aromatic heterocycles. The molecule has 0 aromatic carbocycles. The first-order valence-corrected chi connectivity index (χ1v) is 12.8. The first-order valence-electron chi connectivity index (χ1n) is 12.8. The smallest absolute Gasteiger partial charge is 0.141 e. The fourth-order valence-electron chi connectivity index (χ4n) is 8.09. The average Bonchev–Trinajstić information content (AvgIpc) is 3.02. The highest BCUT2D eigenvalue weighted by atomic mass is 16.3. The number of aliphatic hydroxyl groups excluding tert-OH is 1. The van der Waals surface area contributed by atoms with E-state index in [9.17, 15) is 14.7 Å². The lowest BCUT2D eigenvalue weighted by molar-refractivity contribution is -0.146. The van der Waals surface area contributed by atoms with Crippen molar-refractivity contribution in [1.82, 2.24) is 0 Å². The molecule has 3 saturated carbocycles. The second-order valence-electron chi connectivity index (χ2n) is 12.0. The van der Waals surface area contributed by atoms with Crippen LogP contribution in [-0.2, 0) is 9.59 Å². The van der Waals surface area contributed by atoms with Crippen LogP contribution in [-0.4, -0.2) is 23.3 Å². The maximum Gasteiger partial charge on any atom is 0.141 e. The largest absolute Gasteiger partial charge is 0.393 e. The number of aliphatic hydroxyl groups is 1. The van der Waals surface area contributed by atoms with Gasteiger partial charge in [-0.25, -0.2) is 0 Å². The zero-order valence-electron chi connectivity index (χ0n) is 20.2. The Morgan fingerprint density at radius 2 is 1.77 bits per heavy atom. The number of hydrogen-bond donors (Lipinski definition) is 1. The summed E-state index contributed by atoms with van der Waals surface area (Å²) in [6.45, 7) is 11.8. The van der Waals surface area contributed by atoms with Gasteiger partial charge in [-0.2, -0.15) is 0 Å². The summed E-state index contributed by atoms with van der Waals surface area (Å²) < 4.78 is 0. The molecule has 0 heterocycles. The van der Waals surface area contributed by atoms with Gasteiger partial charge in [-0.15, -0.1) is 0 Å². The predicted molar refractivity (Wildman–Crippen MR) is 122 cm³/mol. The van der Waals surface area contributed by atoms with Crippen molar-refractivity contribution < 1.29 is 14.7 Å². The molecule has 0 radical (unpaired) electrons. The molecule has 0 aliphatic heterocycles. The minimum absolute atomic E-state index is 0.238. The van der Waals surface area contributed by atoms with Crippen LogP contribution in [0, 0.1) is 46.3 Å². The minimum Gasteiger partial charge on any atom is -0.393 e. The number of rotatable bonds is 8. The van der Waals surface area contributed by atoms with E-state index < -0.39 is 6.10 Å². The van der Waals surface area contributed by atoms with Crippen LogP contribution in [0.5, 0.6) is 0 Å². The SMILES string of the molecule is CC(C)CCC[C@@H](C)[C@H]1CCC2[C@H](CC=O)[C@@H](C3(C)CC[C@H](O)CC3=O)CC[C@@]21C. The summed E-state index contributed by atoms with van der Waals surface area (Å²) in [6, 6.07) is 0. The van der Waals surface area contributed by atoms with E-state index in [2.05, 4.69) is 34.6 Å². The second-order valence-corrected chi connectivity index (χ2v) is 12.0. The zero-order chi connectivity index (χ0) is 22.1. The molecule has 3 nitrogen and oxygen atoms in total. The molecule has 2 unspecified atom stereocenters. The van der Waals surface area contributed by atoms with Crippen molar-refractivity contribution in [3.63, 3.8) is 0 Å². The van der Waals surface area contributed by atoms with Gasteiger partial charge in [0.05, 0.1) is 6.10 Å². The Morgan fingerprint density at radius 3 is 2.40 bits per heavy atom. The lowest BCUT2D eigenvalue weighted by atomic mass is 9.49. The van der Waals surface area contributed by atoms with Crippen LogP contribution < -0.4 is 0 Å². The minimum atomic E-state index is -0.466. The van der Waals surface area contributed by atoms with Gasteiger partial charge in [-0.05, 0) is 79.4 Å². The predicted octanol–water partition coefficient (Wildman–Crippen LogP) is 6.22. The molecular formula is C27H46O3. The summed E-state index contributed by atoms with van der Waals surface area (Å²) in [7, 11) is 0. The molecular weight excluding hydrogens is 372 g/mol. The average molecular weight is 419 g/mol. The highest BCUT2D eigenvalue weighted by molar-refractivity contribution is 5.86. The molecule has 1 N–H and O–H groups in total. The first kappa shape index (κ1) is 24.0. The van der Waals surface area contributed by atoms with E-state index in [4.69, 9.17) is 0 Å².